The van der Waals surface area contributed by atoms with E-state index in [-0.39, 0.29) is 76.6 Å². The van der Waals surface area contributed by atoms with Crippen LogP contribution >= 0.6 is 0 Å². The van der Waals surface area contributed by atoms with Crippen LogP contribution in [0.5, 0.6) is 5.75 Å². The van der Waals surface area contributed by atoms with Crippen LogP contribution in [0.25, 0.3) is 11.1 Å². The number of hydrogen-bond acceptors (Lipinski definition) is 9. The molecule has 5 heterocycles. The first-order valence-corrected chi connectivity index (χ1v) is 25.4. The zero-order chi connectivity index (χ0) is 47.1. The molecule has 8 atom stereocenters. The van der Waals surface area contributed by atoms with Crippen molar-refractivity contribution < 1.29 is 32.8 Å². The van der Waals surface area contributed by atoms with Crippen LogP contribution in [0.4, 0.5) is 0 Å². The highest BCUT2D eigenvalue weighted by Gasteiger charge is 2.63. The van der Waals surface area contributed by atoms with Crippen LogP contribution in [0, 0.1) is 16.2 Å². The molecule has 0 spiro atoms. The van der Waals surface area contributed by atoms with Gasteiger partial charge in [0.05, 0.1) is 54.2 Å². The quantitative estimate of drug-likeness (QED) is 0.113. The first-order valence-electron chi connectivity index (χ1n) is 25.4. The predicted octanol–water partition coefficient (Wildman–Crippen LogP) is 13.5. The van der Waals surface area contributed by atoms with Crippen LogP contribution in [-0.2, 0) is 29.1 Å². The van der Waals surface area contributed by atoms with Gasteiger partial charge in [0.25, 0.3) is 0 Å². The number of aromatic nitrogens is 2. The molecule has 3 aliphatic carbocycles. The highest BCUT2D eigenvalue weighted by atomic mass is 16.6. The maximum Gasteiger partial charge on any atom is 0.244 e. The van der Waals surface area contributed by atoms with Gasteiger partial charge in [0, 0.05) is 40.9 Å². The zero-order valence-electron chi connectivity index (χ0n) is 42.5. The molecule has 0 amide bonds. The molecule has 4 fully saturated rings. The van der Waals surface area contributed by atoms with Crippen LogP contribution in [0.3, 0.4) is 0 Å². The van der Waals surface area contributed by atoms with E-state index in [1.807, 2.05) is 0 Å². The summed E-state index contributed by atoms with van der Waals surface area (Å²) in [5, 5.41) is 9.14. The minimum atomic E-state index is -0.468. The molecule has 4 aliphatic heterocycles. The van der Waals surface area contributed by atoms with Gasteiger partial charge in [-0.05, 0) is 114 Å². The van der Waals surface area contributed by atoms with E-state index in [0.29, 0.717) is 11.8 Å². The first-order chi connectivity index (χ1) is 31.2. The van der Waals surface area contributed by atoms with Gasteiger partial charge in [-0.3, -0.25) is 0 Å². The number of nitrogens with zero attached hydrogens (tertiary/aromatic N) is 2. The van der Waals surface area contributed by atoms with Crippen molar-refractivity contribution >= 4 is 11.1 Å². The smallest absolute Gasteiger partial charge is 0.244 e. The van der Waals surface area contributed by atoms with Crippen molar-refractivity contribution in [1.82, 2.24) is 10.2 Å². The molecule has 9 rings (SSSR count). The third kappa shape index (κ3) is 9.37. The summed E-state index contributed by atoms with van der Waals surface area (Å²) in [6.07, 6.45) is 22.4. The number of ether oxygens (including phenoxy) is 6. The molecule has 0 radical (unpaired) electrons. The van der Waals surface area contributed by atoms with Crippen molar-refractivity contribution in [1.29, 1.82) is 0 Å². The van der Waals surface area contributed by atoms with Gasteiger partial charge in [-0.2, -0.15) is 0 Å². The number of allylic oxidation sites excluding steroid dienone is 10. The molecular formula is C57H78N2O7. The molecule has 1 aromatic carbocycles. The molecule has 0 bridgehead atoms. The van der Waals surface area contributed by atoms with Crippen LogP contribution < -0.4 is 4.74 Å². The first kappa shape index (κ1) is 47.3. The average molecular weight is 903 g/mol. The summed E-state index contributed by atoms with van der Waals surface area (Å²) in [4.78, 5) is 0. The highest BCUT2D eigenvalue weighted by molar-refractivity contribution is 5.66. The highest BCUT2D eigenvalue weighted by Crippen LogP contribution is 2.57. The van der Waals surface area contributed by atoms with E-state index >= 15 is 0 Å². The molecule has 358 valence electrons. The third-order valence-electron chi connectivity index (χ3n) is 16.8. The van der Waals surface area contributed by atoms with E-state index < -0.39 is 5.41 Å². The Balaban J connectivity index is 0.987. The normalized spacial score (nSPS) is 32.3. The van der Waals surface area contributed by atoms with Crippen molar-refractivity contribution in [2.75, 3.05) is 0 Å². The summed E-state index contributed by atoms with van der Waals surface area (Å²) in [5.41, 5.74) is 6.60. The molecule has 9 heteroatoms. The maximum atomic E-state index is 6.97. The molecule has 0 N–H and O–H groups in total. The lowest BCUT2D eigenvalue weighted by molar-refractivity contribution is 0.0779. The summed E-state index contributed by atoms with van der Waals surface area (Å²) in [6, 6.07) is 6.93. The molecule has 4 saturated heterocycles. The maximum absolute atomic E-state index is 6.97. The van der Waals surface area contributed by atoms with Crippen LogP contribution in [0.1, 0.15) is 184 Å². The average Bonchev–Trinajstić information content (AvgIpc) is 4.19. The van der Waals surface area contributed by atoms with Crippen LogP contribution in [-0.4, -0.2) is 64.6 Å². The van der Waals surface area contributed by atoms with Crippen LogP contribution in [0.2, 0.25) is 0 Å². The fraction of sp³-hybridized carbons (Fsp3) is 0.649. The predicted molar refractivity (Wildman–Crippen MR) is 261 cm³/mol. The summed E-state index contributed by atoms with van der Waals surface area (Å²) in [7, 11) is 0. The minimum Gasteiger partial charge on any atom is -0.487 e. The van der Waals surface area contributed by atoms with Crippen molar-refractivity contribution in [3.05, 3.63) is 100 Å². The molecule has 8 unspecified atom stereocenters. The Morgan fingerprint density at radius 1 is 0.667 bits per heavy atom. The van der Waals surface area contributed by atoms with E-state index in [0.717, 1.165) is 86.2 Å². The summed E-state index contributed by atoms with van der Waals surface area (Å²) >= 11 is 0. The lowest BCUT2D eigenvalue weighted by Gasteiger charge is -2.35. The molecule has 2 aromatic rings. The van der Waals surface area contributed by atoms with Crippen molar-refractivity contribution in [2.24, 2.45) is 16.2 Å². The fourth-order valence-electron chi connectivity index (χ4n) is 11.1. The molecule has 7 aliphatic rings. The van der Waals surface area contributed by atoms with Gasteiger partial charge in [-0.1, -0.05) is 110 Å². The second-order valence-electron chi connectivity index (χ2n) is 23.1. The van der Waals surface area contributed by atoms with Gasteiger partial charge in [0.2, 0.25) is 11.8 Å². The Kier molecular flexibility index (Phi) is 12.4. The summed E-state index contributed by atoms with van der Waals surface area (Å²) in [6.45, 7) is 31.7. The Bertz CT molecular complexity index is 2340. The van der Waals surface area contributed by atoms with E-state index in [1.165, 1.54) is 22.3 Å². The van der Waals surface area contributed by atoms with Crippen molar-refractivity contribution in [3.63, 3.8) is 0 Å². The van der Waals surface area contributed by atoms with Gasteiger partial charge < -0.3 is 32.8 Å². The van der Waals surface area contributed by atoms with E-state index in [4.69, 9.17) is 32.8 Å². The van der Waals surface area contributed by atoms with Gasteiger partial charge in [0.1, 0.15) is 22.9 Å². The number of epoxide rings is 4. The molecular weight excluding hydrogens is 825 g/mol. The second kappa shape index (κ2) is 17.3. The summed E-state index contributed by atoms with van der Waals surface area (Å²) < 4.78 is 45.6. The molecule has 9 nitrogen and oxygen atoms in total. The Hall–Kier alpha value is -3.76. The van der Waals surface area contributed by atoms with E-state index in [9.17, 15) is 0 Å². The molecule has 1 aromatic heterocycles. The third-order valence-corrected chi connectivity index (χ3v) is 16.8. The van der Waals surface area contributed by atoms with Crippen molar-refractivity contribution in [2.45, 2.75) is 220 Å². The van der Waals surface area contributed by atoms with E-state index in [2.05, 4.69) is 162 Å². The van der Waals surface area contributed by atoms with Gasteiger partial charge in [-0.25, -0.2) is 0 Å². The Morgan fingerprint density at radius 2 is 1.26 bits per heavy atom. The van der Waals surface area contributed by atoms with Gasteiger partial charge in [-0.15, -0.1) is 10.2 Å². The van der Waals surface area contributed by atoms with Gasteiger partial charge in [0.15, 0.2) is 0 Å². The fourth-order valence-corrected chi connectivity index (χ4v) is 11.1. The minimum absolute atomic E-state index is 0.00126. The lowest BCUT2D eigenvalue weighted by atomic mass is 9.70. The zero-order valence-corrected chi connectivity index (χ0v) is 42.5. The Labute approximate surface area is 395 Å². The number of benzene rings is 1. The SMILES string of the molecule is CCC(C)(CC)Oc1ccc(C(C)(C)C2=CC(C3OC3C)(C3OC3C)C=C(OC3=CC=C(c4nnc(C5=CC=C(C(C)(C)CC)CC(C)(C)C5)o4)CC3)CC2)cc1C(C1OC1C)C1OC1C. The van der Waals surface area contributed by atoms with Gasteiger partial charge >= 0.3 is 0 Å². The monoisotopic (exact) mass is 903 g/mol. The number of hydrogen-bond donors (Lipinski definition) is 0. The number of rotatable bonds is 17. The van der Waals surface area contributed by atoms with Crippen LogP contribution in [0.15, 0.2) is 81.7 Å². The summed E-state index contributed by atoms with van der Waals surface area (Å²) in [5.74, 6) is 4.15. The van der Waals surface area contributed by atoms with Crippen molar-refractivity contribution in [3.8, 4) is 5.75 Å². The lowest BCUT2D eigenvalue weighted by Crippen LogP contribution is -2.34. The molecule has 66 heavy (non-hydrogen) atoms. The molecule has 0 saturated carbocycles. The second-order valence-corrected chi connectivity index (χ2v) is 23.1. The standard InChI is InChI=1S/C57H78N2O7/c1-15-54(10,11)40-21-18-38(29-53(8,9)30-40)52-59-58-51(65-52)37-19-24-42(25-20-37)64-43-26-22-41(31-57(32-43,49-35(6)62-49)50-36(7)63-50)55(12,13)39-23-27-45(66-56(14,16-2)17-3)44(28-39)46(47-33(4)60-47)48-34(5)61-48/h18-19,21,23-24,27-28,31-36,46-50H,15-17,20,22,25-26,29-30H2,1-14H3. The largest absolute Gasteiger partial charge is 0.487 e. The van der Waals surface area contributed by atoms with E-state index in [1.54, 1.807) is 0 Å². The Morgan fingerprint density at radius 3 is 1.80 bits per heavy atom. The topological polar surface area (TPSA) is 108 Å².